The normalized spacial score (nSPS) is 21.3. The Balaban J connectivity index is 3.84. The van der Waals surface area contributed by atoms with Gasteiger partial charge in [-0.3, -0.25) is 0 Å². The predicted molar refractivity (Wildman–Crippen MR) is 29.5 cm³/mol. The molecule has 0 saturated carbocycles. The number of rotatable bonds is 2. The largest absolute Gasteiger partial charge is 0.0991 e. The van der Waals surface area contributed by atoms with E-state index in [1.807, 2.05) is 0 Å². The average molecular weight is 83.1 g/mol. The Hall–Kier alpha value is -0.780. The van der Waals surface area contributed by atoms with Crippen LogP contribution in [0, 0.1) is 0 Å². The summed E-state index contributed by atoms with van der Waals surface area (Å²) in [5.41, 5.74) is 0. The summed E-state index contributed by atoms with van der Waals surface area (Å²) >= 11 is 0. The third kappa shape index (κ3) is 3.22. The van der Waals surface area contributed by atoms with Gasteiger partial charge in [0.15, 0.2) is 0 Å². The van der Waals surface area contributed by atoms with Crippen LogP contribution in [0.5, 0.6) is 0 Å². The fourth-order valence-corrected chi connectivity index (χ4v) is 0.111. The Bertz CT molecular complexity index is 144. The zero-order chi connectivity index (χ0) is 7.11. The highest BCUT2D eigenvalue weighted by Crippen LogP contribution is 1.69. The molecule has 0 N–H and O–H groups in total. The van der Waals surface area contributed by atoms with Gasteiger partial charge >= 0.3 is 0 Å². The molecule has 0 rings (SSSR count). The second-order valence-corrected chi connectivity index (χ2v) is 0.692. The Morgan fingerprint density at radius 2 is 2.33 bits per heavy atom. The summed E-state index contributed by atoms with van der Waals surface area (Å²) in [5, 5.41) is 0. The Labute approximate surface area is 42.7 Å². The van der Waals surface area contributed by atoms with E-state index < -0.39 is 0 Å². The van der Waals surface area contributed by atoms with Crippen LogP contribution in [-0.2, 0) is 0 Å². The molecule has 0 aromatic rings. The molecule has 0 spiro atoms. The van der Waals surface area contributed by atoms with Gasteiger partial charge in [-0.05, 0) is 0 Å². The topological polar surface area (TPSA) is 0 Å². The van der Waals surface area contributed by atoms with Gasteiger partial charge in [0, 0.05) is 0 Å². The van der Waals surface area contributed by atoms with Crippen molar-refractivity contribution in [2.24, 2.45) is 0 Å². The van der Waals surface area contributed by atoms with Crippen LogP contribution in [0.2, 0.25) is 0 Å². The third-order valence-corrected chi connectivity index (χ3v) is 0.289. The molecule has 32 valence electrons. The van der Waals surface area contributed by atoms with Crippen molar-refractivity contribution >= 4 is 0 Å². The second-order valence-electron chi connectivity index (χ2n) is 0.692. The Morgan fingerprint density at radius 3 is 3.00 bits per heavy atom. The molecule has 0 radical (unpaired) electrons. The first-order valence-corrected chi connectivity index (χ1v) is 1.58. The standard InChI is InChI=1S/C6H8/c1-3-5-6-4-2/h3-6H,1-2H2/i1D,2D,5D. The van der Waals surface area contributed by atoms with E-state index in [0.29, 0.717) is 0 Å². The van der Waals surface area contributed by atoms with E-state index >= 15 is 0 Å². The molecule has 0 bridgehead atoms. The van der Waals surface area contributed by atoms with Crippen molar-refractivity contribution in [3.63, 3.8) is 0 Å². The molecule has 6 heavy (non-hydrogen) atoms. The number of hydrogen-bond acceptors (Lipinski definition) is 0. The SMILES string of the molecule is [2H]C=CC=C([2H])C=C[2H]. The molecule has 0 saturated heterocycles. The van der Waals surface area contributed by atoms with Gasteiger partial charge < -0.3 is 0 Å². The predicted octanol–water partition coefficient (Wildman–Crippen LogP) is 1.91. The minimum atomic E-state index is 0.230. The molecule has 0 aliphatic carbocycles. The van der Waals surface area contributed by atoms with Crippen LogP contribution in [0.25, 0.3) is 0 Å². The molecule has 0 aromatic carbocycles. The van der Waals surface area contributed by atoms with E-state index in [9.17, 15) is 0 Å². The minimum Gasteiger partial charge on any atom is -0.0991 e. The van der Waals surface area contributed by atoms with Gasteiger partial charge in [-0.1, -0.05) is 37.4 Å². The van der Waals surface area contributed by atoms with E-state index in [0.717, 1.165) is 13.1 Å². The van der Waals surface area contributed by atoms with Gasteiger partial charge in [-0.15, -0.1) is 0 Å². The highest BCUT2D eigenvalue weighted by Gasteiger charge is 1.47. The molecule has 0 fully saturated rings. The maximum atomic E-state index is 7.00. The average Bonchev–Trinajstić information content (AvgIpc) is 1.85. The highest BCUT2D eigenvalue weighted by atomic mass is 13.5. The number of allylic oxidation sites excluding steroid dienone is 4. The maximum absolute atomic E-state index is 7.00. The molecule has 0 amide bonds. The monoisotopic (exact) mass is 83.1 g/mol. The lowest BCUT2D eigenvalue weighted by molar-refractivity contribution is 1.98. The summed E-state index contributed by atoms with van der Waals surface area (Å²) in [6.07, 6.45) is 4.21. The molecule has 0 heteroatoms. The lowest BCUT2D eigenvalue weighted by Crippen LogP contribution is -1.38. The maximum Gasteiger partial charge on any atom is 0.0622 e. The first-order valence-electron chi connectivity index (χ1n) is 3.23. The molecular weight excluding hydrogens is 72.1 g/mol. The fourth-order valence-electron chi connectivity index (χ4n) is 0.111. The van der Waals surface area contributed by atoms with Crippen molar-refractivity contribution < 1.29 is 4.11 Å². The van der Waals surface area contributed by atoms with Crippen molar-refractivity contribution in [2.75, 3.05) is 0 Å². The van der Waals surface area contributed by atoms with Gasteiger partial charge in [-0.2, -0.15) is 0 Å². The molecular formula is C6H8. The summed E-state index contributed by atoms with van der Waals surface area (Å²) in [5.74, 6) is 0. The summed E-state index contributed by atoms with van der Waals surface area (Å²) in [7, 11) is 0. The lowest BCUT2D eigenvalue weighted by atomic mass is 10.5. The van der Waals surface area contributed by atoms with Crippen molar-refractivity contribution in [3.8, 4) is 0 Å². The summed E-state index contributed by atoms with van der Waals surface area (Å²) in [6, 6.07) is 0.230. The molecule has 0 unspecified atom stereocenters. The van der Waals surface area contributed by atoms with Crippen molar-refractivity contribution in [3.05, 3.63) is 37.4 Å². The van der Waals surface area contributed by atoms with Crippen LogP contribution >= 0.6 is 0 Å². The fraction of sp³-hybridized carbons (Fsp3) is 0. The van der Waals surface area contributed by atoms with E-state index in [-0.39, 0.29) is 6.05 Å². The molecule has 0 nitrogen and oxygen atoms in total. The minimum absolute atomic E-state index is 0.230. The van der Waals surface area contributed by atoms with Crippen molar-refractivity contribution in [1.29, 1.82) is 0 Å². The Morgan fingerprint density at radius 1 is 1.50 bits per heavy atom. The summed E-state index contributed by atoms with van der Waals surface area (Å²) in [6.45, 7) is 2.13. The molecule has 0 atom stereocenters. The first-order chi connectivity index (χ1) is 4.31. The Kier molecular flexibility index (Phi) is 1.25. The molecule has 0 aliphatic heterocycles. The first kappa shape index (κ1) is 1.78. The van der Waals surface area contributed by atoms with Crippen LogP contribution < -0.4 is 0 Å². The van der Waals surface area contributed by atoms with Gasteiger partial charge in [0.2, 0.25) is 0 Å². The van der Waals surface area contributed by atoms with Crippen molar-refractivity contribution in [1.82, 2.24) is 0 Å². The van der Waals surface area contributed by atoms with Gasteiger partial charge in [0.25, 0.3) is 0 Å². The highest BCUT2D eigenvalue weighted by molar-refractivity contribution is 5.05. The lowest BCUT2D eigenvalue weighted by Gasteiger charge is -1.60. The third-order valence-electron chi connectivity index (χ3n) is 0.289. The van der Waals surface area contributed by atoms with Gasteiger partial charge in [0.1, 0.15) is 0 Å². The second kappa shape index (κ2) is 4.22. The van der Waals surface area contributed by atoms with Crippen molar-refractivity contribution in [2.45, 2.75) is 0 Å². The van der Waals surface area contributed by atoms with Crippen LogP contribution in [-0.4, -0.2) is 0 Å². The summed E-state index contributed by atoms with van der Waals surface area (Å²) in [4.78, 5) is 0. The number of hydrogen-bond donors (Lipinski definition) is 0. The van der Waals surface area contributed by atoms with Gasteiger partial charge in [0.05, 0.1) is 4.11 Å². The van der Waals surface area contributed by atoms with Crippen LogP contribution in [0.4, 0.5) is 0 Å². The van der Waals surface area contributed by atoms with Crippen LogP contribution in [0.3, 0.4) is 0 Å². The van der Waals surface area contributed by atoms with E-state index in [4.69, 9.17) is 4.11 Å². The molecule has 0 aromatic heterocycles. The molecule has 0 heterocycles. The van der Waals surface area contributed by atoms with Gasteiger partial charge in [-0.25, -0.2) is 0 Å². The van der Waals surface area contributed by atoms with E-state index in [1.165, 1.54) is 18.2 Å². The van der Waals surface area contributed by atoms with Crippen LogP contribution in [0.15, 0.2) is 37.4 Å². The molecule has 0 aliphatic rings. The smallest absolute Gasteiger partial charge is 0.0622 e. The van der Waals surface area contributed by atoms with Crippen LogP contribution in [0.1, 0.15) is 4.11 Å². The van der Waals surface area contributed by atoms with E-state index in [2.05, 4.69) is 0 Å². The quantitative estimate of drug-likeness (QED) is 0.447. The summed E-state index contributed by atoms with van der Waals surface area (Å²) < 4.78 is 20.1. The zero-order valence-electron chi connectivity index (χ0n) is 6.39. The zero-order valence-corrected chi connectivity index (χ0v) is 3.39. The van der Waals surface area contributed by atoms with E-state index in [1.54, 1.807) is 0 Å².